The van der Waals surface area contributed by atoms with Crippen molar-refractivity contribution >= 4 is 54.8 Å². The van der Waals surface area contributed by atoms with Crippen LogP contribution in [-0.4, -0.2) is 14.1 Å². The number of imidazole rings is 1. The van der Waals surface area contributed by atoms with E-state index in [9.17, 15) is 9.60 Å². The monoisotopic (exact) mass is 1330 g/mol. The SMILES string of the molecule is [2H]c1c([2H])c([2H])c(-c2c([2H])c(-c3cc4c5c(c3)n(-c3[c-]c(Oc6[c-]c7c(cc6)c6ccccc6n7-c6cc(C(C)(C)C)ccn6)ccc3)[c-][n+]5-c3c(-c5ccc6oc7ccccc7c6c5)cccc3-c3ccccc3-c3ccccc3-4)c([2H])c(-c3c([2H])c([2H])c([2H])c([2H])c3[2H])c2[2H])c([2H])c1[2H].[Pt]. The molecule has 6 nitrogen and oxygen atoms in total. The first-order valence-corrected chi connectivity index (χ1v) is 28.9. The van der Waals surface area contributed by atoms with Crippen molar-refractivity contribution < 1.29 is 52.6 Å². The van der Waals surface area contributed by atoms with Crippen molar-refractivity contribution in [2.24, 2.45) is 0 Å². The standard InChI is InChI=1S/C82H54N4O2.Pt/c1-82(2,3)59-40-41-83-79(48-59)86-74-34-16-14-30-68(74)69-38-37-62(50-75(69)86)87-61-25-18-24-60(49-61)84-51-85-80-63(54-36-39-78-72(45-54)70-31-15-17-35-77(70)88-78)32-19-33-71(80)66-28-12-10-26-64(66)65-27-11-13-29-67(65)73-46-58(47-76(84)81(73)85)57-43-55(52-20-6-4-7-21-52)42-56(44-57)53-22-8-5-9-23-53;/h4-48H,1-3H3;/q-2;/i4D,5D,6D,7D,8D,9D,20D,21D,22D,23D,42D,43D,44D;. The summed E-state index contributed by atoms with van der Waals surface area (Å²) < 4.78 is 140. The molecule has 7 heteroatoms. The maximum atomic E-state index is 10.4. The maximum Gasteiger partial charge on any atom is 0.268 e. The Bertz CT molecular complexity index is 6160. The van der Waals surface area contributed by atoms with E-state index >= 15 is 0 Å². The number of fused-ring (bicyclic) bond motifs is 13. The fraction of sp³-hybridized carbons (Fsp3) is 0.0488. The Morgan fingerprint density at radius 2 is 1.08 bits per heavy atom. The molecule has 1 aliphatic heterocycles. The van der Waals surface area contributed by atoms with Crippen LogP contribution in [0.3, 0.4) is 0 Å². The van der Waals surface area contributed by atoms with Gasteiger partial charge in [-0.15, -0.1) is 29.7 Å². The van der Waals surface area contributed by atoms with Gasteiger partial charge in [0.25, 0.3) is 6.33 Å². The van der Waals surface area contributed by atoms with Gasteiger partial charge in [0.2, 0.25) is 0 Å². The molecule has 1 aliphatic rings. The summed E-state index contributed by atoms with van der Waals surface area (Å²) in [4.78, 5) is 4.89. The topological polar surface area (TPSA) is 49.0 Å². The second-order valence-corrected chi connectivity index (χ2v) is 22.9. The Balaban J connectivity index is 0.00000805. The number of furan rings is 1. The van der Waals surface area contributed by atoms with Crippen molar-refractivity contribution in [2.75, 3.05) is 0 Å². The number of pyridine rings is 1. The fourth-order valence-corrected chi connectivity index (χ4v) is 12.5. The Kier molecular flexibility index (Phi) is 9.94. The first-order valence-electron chi connectivity index (χ1n) is 35.4. The zero-order valence-electron chi connectivity index (χ0n) is 60.9. The van der Waals surface area contributed by atoms with Crippen LogP contribution < -0.4 is 9.30 Å². The number of hydrogen-bond acceptors (Lipinski definition) is 3. The third-order valence-corrected chi connectivity index (χ3v) is 16.6. The van der Waals surface area contributed by atoms with Gasteiger partial charge < -0.3 is 18.3 Å². The molecule has 12 aromatic carbocycles. The molecule has 0 saturated heterocycles. The third kappa shape index (κ3) is 9.13. The predicted octanol–water partition coefficient (Wildman–Crippen LogP) is 20.8. The summed E-state index contributed by atoms with van der Waals surface area (Å²) in [6.07, 6.45) is 5.66. The normalized spacial score (nSPS) is 13.9. The molecule has 5 heterocycles. The molecule has 0 aliphatic carbocycles. The van der Waals surface area contributed by atoms with Gasteiger partial charge in [0, 0.05) is 55.1 Å². The van der Waals surface area contributed by atoms with Crippen LogP contribution in [0.1, 0.15) is 44.2 Å². The number of hydrogen-bond donors (Lipinski definition) is 0. The van der Waals surface area contributed by atoms with Crippen molar-refractivity contribution in [3.05, 3.63) is 297 Å². The maximum absolute atomic E-state index is 10.4. The molecule has 426 valence electrons. The number of para-hydroxylation sites is 3. The zero-order valence-corrected chi connectivity index (χ0v) is 50.2. The zero-order chi connectivity index (χ0) is 69.9. The van der Waals surface area contributed by atoms with E-state index in [1.54, 1.807) is 12.1 Å². The molecular weight excluding hydrogens is 1270 g/mol. The van der Waals surface area contributed by atoms with Gasteiger partial charge in [0.05, 0.1) is 34.5 Å². The number of nitrogens with zero attached hydrogens (tertiary/aromatic N) is 4. The van der Waals surface area contributed by atoms with Crippen LogP contribution in [-0.2, 0) is 26.5 Å². The van der Waals surface area contributed by atoms with Crippen LogP contribution in [0.5, 0.6) is 11.5 Å². The molecule has 0 unspecified atom stereocenters. The van der Waals surface area contributed by atoms with Crippen LogP contribution in [0.2, 0.25) is 0 Å². The van der Waals surface area contributed by atoms with E-state index in [2.05, 4.69) is 92.3 Å². The largest absolute Gasteiger partial charge is 0.510 e. The molecule has 0 amide bonds. The first kappa shape index (κ1) is 41.4. The van der Waals surface area contributed by atoms with Gasteiger partial charge in [-0.05, 0) is 161 Å². The third-order valence-electron chi connectivity index (χ3n) is 16.6. The Morgan fingerprint density at radius 1 is 0.472 bits per heavy atom. The van der Waals surface area contributed by atoms with Crippen molar-refractivity contribution in [3.63, 3.8) is 0 Å². The van der Waals surface area contributed by atoms with E-state index in [4.69, 9.17) is 22.4 Å². The van der Waals surface area contributed by atoms with E-state index < -0.39 is 101 Å². The summed E-state index contributed by atoms with van der Waals surface area (Å²) >= 11 is 0. The number of aromatic nitrogens is 4. The molecule has 0 N–H and O–H groups in total. The molecule has 89 heavy (non-hydrogen) atoms. The molecule has 0 bridgehead atoms. The summed E-state index contributed by atoms with van der Waals surface area (Å²) in [6, 6.07) is 59.2. The molecule has 0 radical (unpaired) electrons. The quantitative estimate of drug-likeness (QED) is 0.113. The van der Waals surface area contributed by atoms with E-state index in [0.717, 1.165) is 88.6 Å². The van der Waals surface area contributed by atoms with Crippen LogP contribution in [0.4, 0.5) is 0 Å². The van der Waals surface area contributed by atoms with Crippen molar-refractivity contribution in [1.82, 2.24) is 14.1 Å². The summed E-state index contributed by atoms with van der Waals surface area (Å²) in [6.45, 7) is 6.50. The van der Waals surface area contributed by atoms with Gasteiger partial charge >= 0.3 is 0 Å². The Hall–Kier alpha value is -10.7. The summed E-state index contributed by atoms with van der Waals surface area (Å²) in [5, 5.41) is 3.80. The molecule has 17 rings (SSSR count). The van der Waals surface area contributed by atoms with E-state index in [-0.39, 0.29) is 37.6 Å². The molecule has 0 atom stereocenters. The molecule has 16 aromatic rings. The molecule has 0 saturated carbocycles. The van der Waals surface area contributed by atoms with Gasteiger partial charge in [0.15, 0.2) is 0 Å². The van der Waals surface area contributed by atoms with Crippen molar-refractivity contribution in [3.8, 4) is 107 Å². The average molecular weight is 1340 g/mol. The summed E-state index contributed by atoms with van der Waals surface area (Å²) in [7, 11) is 0. The number of benzene rings is 12. The first-order chi connectivity index (χ1) is 48.7. The molecule has 0 spiro atoms. The molecule has 0 fully saturated rings. The van der Waals surface area contributed by atoms with E-state index in [0.29, 0.717) is 44.9 Å². The van der Waals surface area contributed by atoms with Gasteiger partial charge in [-0.3, -0.25) is 4.57 Å². The van der Waals surface area contributed by atoms with Crippen LogP contribution in [0.15, 0.2) is 277 Å². The second-order valence-electron chi connectivity index (χ2n) is 22.9. The van der Waals surface area contributed by atoms with Crippen molar-refractivity contribution in [2.45, 2.75) is 26.2 Å². The number of rotatable bonds is 8. The van der Waals surface area contributed by atoms with E-state index in [1.165, 1.54) is 0 Å². The Morgan fingerprint density at radius 3 is 1.81 bits per heavy atom. The van der Waals surface area contributed by atoms with E-state index in [1.807, 2.05) is 143 Å². The fourth-order valence-electron chi connectivity index (χ4n) is 12.5. The van der Waals surface area contributed by atoms with Gasteiger partial charge in [-0.2, -0.15) is 18.2 Å². The van der Waals surface area contributed by atoms with Gasteiger partial charge in [0.1, 0.15) is 17.0 Å². The number of ether oxygens (including phenoxy) is 1. The van der Waals surface area contributed by atoms with Gasteiger partial charge in [-0.25, -0.2) is 4.98 Å². The summed E-state index contributed by atoms with van der Waals surface area (Å²) in [5.74, 6) is 1.41. The Labute approximate surface area is 548 Å². The minimum atomic E-state index is -0.759. The van der Waals surface area contributed by atoms with Crippen LogP contribution >= 0.6 is 0 Å². The minimum Gasteiger partial charge on any atom is -0.510 e. The molecular formula is C82H54N4O2Pt-2. The van der Waals surface area contributed by atoms with Crippen LogP contribution in [0.25, 0.3) is 150 Å². The van der Waals surface area contributed by atoms with Gasteiger partial charge in [-0.1, -0.05) is 202 Å². The predicted molar refractivity (Wildman–Crippen MR) is 358 cm³/mol. The van der Waals surface area contributed by atoms with Crippen LogP contribution in [0, 0.1) is 18.5 Å². The summed E-state index contributed by atoms with van der Waals surface area (Å²) in [5.41, 5.74) is 10.3. The average Bonchev–Trinajstić information content (AvgIpc) is 1.44. The molecule has 4 aromatic heterocycles. The second kappa shape index (κ2) is 21.3. The minimum absolute atomic E-state index is 0. The van der Waals surface area contributed by atoms with Crippen molar-refractivity contribution in [1.29, 1.82) is 0 Å². The smallest absolute Gasteiger partial charge is 0.268 e.